The van der Waals surface area contributed by atoms with E-state index in [1.54, 1.807) is 0 Å². The molecule has 1 N–H and O–H groups in total. The first-order valence-electron chi connectivity index (χ1n) is 3.52. The quantitative estimate of drug-likeness (QED) is 0.599. The van der Waals surface area contributed by atoms with Crippen molar-refractivity contribution in [1.82, 2.24) is 0 Å². The third kappa shape index (κ3) is 2.02. The van der Waals surface area contributed by atoms with Gasteiger partial charge in [-0.3, -0.25) is 0 Å². The Kier molecular flexibility index (Phi) is 3.31. The molecule has 0 amide bonds. The molecule has 1 aromatic carbocycles. The highest BCUT2D eigenvalue weighted by molar-refractivity contribution is 6.36. The average molecular weight is 221 g/mol. The van der Waals surface area contributed by atoms with Gasteiger partial charge in [-0.25, -0.2) is 4.39 Å². The van der Waals surface area contributed by atoms with Crippen LogP contribution in [0.3, 0.4) is 0 Å². The van der Waals surface area contributed by atoms with E-state index in [2.05, 4.69) is 6.58 Å². The van der Waals surface area contributed by atoms with Crippen molar-refractivity contribution < 1.29 is 9.50 Å². The Bertz CT molecular complexity index is 339. The largest absolute Gasteiger partial charge is 0.384 e. The molecule has 1 aromatic rings. The number of aliphatic hydroxyl groups is 1. The van der Waals surface area contributed by atoms with Crippen LogP contribution in [0.1, 0.15) is 11.7 Å². The SMILES string of the molecule is C=CC(O)c1c(Cl)ccc(F)c1Cl. The third-order valence-corrected chi connectivity index (χ3v) is 2.31. The molecule has 1 unspecified atom stereocenters. The van der Waals surface area contributed by atoms with Gasteiger partial charge in [0.05, 0.1) is 11.1 Å². The van der Waals surface area contributed by atoms with Crippen molar-refractivity contribution in [2.45, 2.75) is 6.10 Å². The highest BCUT2D eigenvalue weighted by atomic mass is 35.5. The van der Waals surface area contributed by atoms with Gasteiger partial charge in [-0.05, 0) is 12.1 Å². The molecule has 0 radical (unpaired) electrons. The van der Waals surface area contributed by atoms with Gasteiger partial charge in [0, 0.05) is 10.6 Å². The van der Waals surface area contributed by atoms with E-state index in [9.17, 15) is 9.50 Å². The molecule has 0 fully saturated rings. The summed E-state index contributed by atoms with van der Waals surface area (Å²) in [5, 5.41) is 9.42. The van der Waals surface area contributed by atoms with E-state index in [1.807, 2.05) is 0 Å². The van der Waals surface area contributed by atoms with Crippen LogP contribution in [0.4, 0.5) is 4.39 Å². The van der Waals surface area contributed by atoms with E-state index in [4.69, 9.17) is 23.2 Å². The highest BCUT2D eigenvalue weighted by Crippen LogP contribution is 2.32. The molecule has 0 aliphatic rings. The number of hydrogen-bond donors (Lipinski definition) is 1. The first-order valence-corrected chi connectivity index (χ1v) is 4.27. The first-order chi connectivity index (χ1) is 6.07. The van der Waals surface area contributed by atoms with E-state index >= 15 is 0 Å². The maximum atomic E-state index is 12.9. The zero-order valence-corrected chi connectivity index (χ0v) is 8.11. The van der Waals surface area contributed by atoms with Gasteiger partial charge < -0.3 is 5.11 Å². The molecule has 0 aliphatic carbocycles. The maximum Gasteiger partial charge on any atom is 0.142 e. The zero-order chi connectivity index (χ0) is 10.0. The maximum absolute atomic E-state index is 12.9. The van der Waals surface area contributed by atoms with Crippen LogP contribution in [0.25, 0.3) is 0 Å². The number of benzene rings is 1. The van der Waals surface area contributed by atoms with Crippen LogP contribution in [0.5, 0.6) is 0 Å². The smallest absolute Gasteiger partial charge is 0.142 e. The van der Waals surface area contributed by atoms with Crippen molar-refractivity contribution >= 4 is 23.2 Å². The molecule has 0 saturated heterocycles. The van der Waals surface area contributed by atoms with E-state index in [0.29, 0.717) is 0 Å². The normalized spacial score (nSPS) is 12.6. The molecule has 1 nitrogen and oxygen atoms in total. The predicted octanol–water partition coefficient (Wildman–Crippen LogP) is 3.35. The van der Waals surface area contributed by atoms with Crippen LogP contribution in [0.15, 0.2) is 24.8 Å². The summed E-state index contributed by atoms with van der Waals surface area (Å²) >= 11 is 11.3. The molecule has 13 heavy (non-hydrogen) atoms. The van der Waals surface area contributed by atoms with Crippen molar-refractivity contribution in [3.63, 3.8) is 0 Å². The second kappa shape index (κ2) is 4.09. The summed E-state index contributed by atoms with van der Waals surface area (Å²) in [7, 11) is 0. The summed E-state index contributed by atoms with van der Waals surface area (Å²) < 4.78 is 12.9. The zero-order valence-electron chi connectivity index (χ0n) is 6.60. The van der Waals surface area contributed by atoms with Crippen LogP contribution >= 0.6 is 23.2 Å². The summed E-state index contributed by atoms with van der Waals surface area (Å²) in [6, 6.07) is 2.48. The minimum atomic E-state index is -1.05. The van der Waals surface area contributed by atoms with E-state index < -0.39 is 11.9 Å². The van der Waals surface area contributed by atoms with Crippen LogP contribution in [0, 0.1) is 5.82 Å². The molecule has 0 aromatic heterocycles. The van der Waals surface area contributed by atoms with Gasteiger partial charge in [-0.15, -0.1) is 6.58 Å². The Morgan fingerprint density at radius 3 is 2.62 bits per heavy atom. The molecule has 1 atom stereocenters. The number of hydrogen-bond acceptors (Lipinski definition) is 1. The fourth-order valence-corrected chi connectivity index (χ4v) is 1.53. The molecule has 1 rings (SSSR count). The number of rotatable bonds is 2. The summed E-state index contributed by atoms with van der Waals surface area (Å²) in [6.07, 6.45) is 0.183. The topological polar surface area (TPSA) is 20.2 Å². The van der Waals surface area contributed by atoms with Gasteiger partial charge in [0.2, 0.25) is 0 Å². The fourth-order valence-electron chi connectivity index (χ4n) is 0.932. The van der Waals surface area contributed by atoms with Crippen molar-refractivity contribution in [3.05, 3.63) is 46.2 Å². The third-order valence-electron chi connectivity index (χ3n) is 1.60. The summed E-state index contributed by atoms with van der Waals surface area (Å²) in [6.45, 7) is 3.36. The summed E-state index contributed by atoms with van der Waals surface area (Å²) in [5.41, 5.74) is 0.151. The first kappa shape index (κ1) is 10.5. The molecule has 0 spiro atoms. The highest BCUT2D eigenvalue weighted by Gasteiger charge is 2.15. The molecular weight excluding hydrogens is 214 g/mol. The van der Waals surface area contributed by atoms with Crippen LogP contribution in [-0.4, -0.2) is 5.11 Å². The second-order valence-electron chi connectivity index (χ2n) is 2.44. The fraction of sp³-hybridized carbons (Fsp3) is 0.111. The molecular formula is C9H7Cl2FO. The molecule has 4 heteroatoms. The van der Waals surface area contributed by atoms with E-state index in [1.165, 1.54) is 12.1 Å². The Hall–Kier alpha value is -0.570. The van der Waals surface area contributed by atoms with Crippen LogP contribution in [-0.2, 0) is 0 Å². The summed E-state index contributed by atoms with van der Waals surface area (Å²) in [5.74, 6) is -0.609. The van der Waals surface area contributed by atoms with E-state index in [-0.39, 0.29) is 15.6 Å². The predicted molar refractivity (Wildman–Crippen MR) is 51.6 cm³/mol. The Morgan fingerprint density at radius 1 is 1.46 bits per heavy atom. The average Bonchev–Trinajstić information content (AvgIpc) is 2.12. The van der Waals surface area contributed by atoms with Gasteiger partial charge in [0.1, 0.15) is 5.82 Å². The van der Waals surface area contributed by atoms with Crippen molar-refractivity contribution in [3.8, 4) is 0 Å². The Balaban J connectivity index is 3.32. The van der Waals surface area contributed by atoms with Crippen molar-refractivity contribution in [1.29, 1.82) is 0 Å². The van der Waals surface area contributed by atoms with Gasteiger partial charge in [-0.2, -0.15) is 0 Å². The lowest BCUT2D eigenvalue weighted by Crippen LogP contribution is -1.97. The van der Waals surface area contributed by atoms with Crippen LogP contribution in [0.2, 0.25) is 10.0 Å². The molecule has 0 saturated carbocycles. The van der Waals surface area contributed by atoms with Crippen molar-refractivity contribution in [2.24, 2.45) is 0 Å². The van der Waals surface area contributed by atoms with Gasteiger partial charge in [0.15, 0.2) is 0 Å². The minimum Gasteiger partial charge on any atom is -0.384 e. The summed E-state index contributed by atoms with van der Waals surface area (Å²) in [4.78, 5) is 0. The van der Waals surface area contributed by atoms with Gasteiger partial charge in [0.25, 0.3) is 0 Å². The van der Waals surface area contributed by atoms with Gasteiger partial charge >= 0.3 is 0 Å². The lowest BCUT2D eigenvalue weighted by Gasteiger charge is -2.10. The molecule has 70 valence electrons. The monoisotopic (exact) mass is 220 g/mol. The Labute approximate surface area is 85.4 Å². The second-order valence-corrected chi connectivity index (χ2v) is 3.22. The molecule has 0 heterocycles. The van der Waals surface area contributed by atoms with Crippen molar-refractivity contribution in [2.75, 3.05) is 0 Å². The standard InChI is InChI=1S/C9H7Cl2FO/c1-2-7(13)8-5(10)3-4-6(12)9(8)11/h2-4,7,13H,1H2. The van der Waals surface area contributed by atoms with Gasteiger partial charge in [-0.1, -0.05) is 29.3 Å². The lowest BCUT2D eigenvalue weighted by molar-refractivity contribution is 0.229. The van der Waals surface area contributed by atoms with E-state index in [0.717, 1.165) is 6.07 Å². The number of aliphatic hydroxyl groups excluding tert-OH is 1. The molecule has 0 bridgehead atoms. The Morgan fingerprint density at radius 2 is 2.08 bits per heavy atom. The molecule has 0 aliphatic heterocycles. The lowest BCUT2D eigenvalue weighted by atomic mass is 10.1. The minimum absolute atomic E-state index is 0.151. The number of halogens is 3. The van der Waals surface area contributed by atoms with Crippen LogP contribution < -0.4 is 0 Å².